The number of aryl methyl sites for hydroxylation is 1. The Labute approximate surface area is 243 Å². The van der Waals surface area contributed by atoms with Gasteiger partial charge in [-0.2, -0.15) is 13.2 Å². The number of aromatic nitrogens is 7. The van der Waals surface area contributed by atoms with Crippen molar-refractivity contribution >= 4 is 17.6 Å². The fourth-order valence-corrected chi connectivity index (χ4v) is 3.76. The number of hydrogen-bond acceptors (Lipinski definition) is 8. The van der Waals surface area contributed by atoms with Gasteiger partial charge in [-0.3, -0.25) is 19.3 Å². The number of halogens is 7. The third-order valence-corrected chi connectivity index (χ3v) is 5.70. The van der Waals surface area contributed by atoms with E-state index in [2.05, 4.69) is 41.0 Å². The number of nitrogens with one attached hydrogen (secondary N) is 2. The van der Waals surface area contributed by atoms with Crippen molar-refractivity contribution in [3.8, 4) is 5.75 Å². The Morgan fingerprint density at radius 3 is 2.50 bits per heavy atom. The van der Waals surface area contributed by atoms with E-state index in [-0.39, 0.29) is 55.2 Å². The van der Waals surface area contributed by atoms with Gasteiger partial charge in [0.2, 0.25) is 5.91 Å². The number of anilines is 1. The van der Waals surface area contributed by atoms with Crippen LogP contribution in [0.2, 0.25) is 0 Å². The average molecular weight is 629 g/mol. The first-order valence-corrected chi connectivity index (χ1v) is 12.6. The number of carbonyl (C=O) groups is 2. The molecule has 4 rings (SSSR count). The fraction of sp³-hybridized carbons (Fsp3) is 0.320. The molecular formula is C25H22F7N9O3. The molecule has 4 aromatic rings. The summed E-state index contributed by atoms with van der Waals surface area (Å²) in [5, 5.41) is 19.7. The zero-order valence-electron chi connectivity index (χ0n) is 22.3. The molecule has 0 saturated heterocycles. The number of carbonyl (C=O) groups excluding carboxylic acids is 2. The molecule has 0 bridgehead atoms. The van der Waals surface area contributed by atoms with Crippen molar-refractivity contribution in [3.05, 3.63) is 77.5 Å². The Kier molecular flexibility index (Phi) is 9.74. The smallest absolute Gasteiger partial charge is 0.406 e. The standard InChI is InChI=1S/C25H22F7N9O3/c26-17(12-41-13-20(36-38-41)23(43)34-11-18-10-16(4-6-33-18)24(27,28)29)5-7-40-14-21(37-39-40)35-22(42)9-15-2-1-3-19(8-15)44-25(30,31)32/h1-4,6,8,10,13-14,17H,5,7,9,11-12H2,(H,34,43)(H,35,42). The van der Waals surface area contributed by atoms with E-state index in [1.807, 2.05) is 0 Å². The zero-order valence-corrected chi connectivity index (χ0v) is 22.3. The highest BCUT2D eigenvalue weighted by Crippen LogP contribution is 2.29. The minimum absolute atomic E-state index is 0.0232. The van der Waals surface area contributed by atoms with Crippen LogP contribution in [0.3, 0.4) is 0 Å². The molecule has 0 spiro atoms. The number of pyridine rings is 1. The molecule has 0 saturated carbocycles. The van der Waals surface area contributed by atoms with E-state index in [4.69, 9.17) is 0 Å². The predicted octanol–water partition coefficient (Wildman–Crippen LogP) is 3.72. The lowest BCUT2D eigenvalue weighted by molar-refractivity contribution is -0.274. The number of amides is 2. The number of rotatable bonds is 12. The lowest BCUT2D eigenvalue weighted by Crippen LogP contribution is -2.24. The van der Waals surface area contributed by atoms with Crippen molar-refractivity contribution in [1.82, 2.24) is 40.3 Å². The molecule has 3 aromatic heterocycles. The molecule has 12 nitrogen and oxygen atoms in total. The third-order valence-electron chi connectivity index (χ3n) is 5.70. The van der Waals surface area contributed by atoms with Gasteiger partial charge in [0.1, 0.15) is 11.9 Å². The van der Waals surface area contributed by atoms with E-state index in [1.54, 1.807) is 0 Å². The molecule has 0 radical (unpaired) electrons. The van der Waals surface area contributed by atoms with Crippen molar-refractivity contribution in [2.45, 2.75) is 51.2 Å². The van der Waals surface area contributed by atoms with Gasteiger partial charge in [0, 0.05) is 19.2 Å². The summed E-state index contributed by atoms with van der Waals surface area (Å²) < 4.78 is 96.5. The van der Waals surface area contributed by atoms with Crippen LogP contribution in [0, 0.1) is 0 Å². The van der Waals surface area contributed by atoms with Crippen LogP contribution in [0.4, 0.5) is 36.6 Å². The summed E-state index contributed by atoms with van der Waals surface area (Å²) in [6.07, 6.45) is -7.74. The molecular weight excluding hydrogens is 607 g/mol. The van der Waals surface area contributed by atoms with E-state index in [0.29, 0.717) is 0 Å². The van der Waals surface area contributed by atoms with E-state index < -0.39 is 41.8 Å². The van der Waals surface area contributed by atoms with Crippen LogP contribution >= 0.6 is 0 Å². The molecule has 1 aromatic carbocycles. The van der Waals surface area contributed by atoms with Crippen LogP contribution in [0.5, 0.6) is 5.75 Å². The highest BCUT2D eigenvalue weighted by Gasteiger charge is 2.31. The van der Waals surface area contributed by atoms with E-state index in [9.17, 15) is 40.3 Å². The monoisotopic (exact) mass is 629 g/mol. The van der Waals surface area contributed by atoms with Crippen molar-refractivity contribution in [1.29, 1.82) is 0 Å². The van der Waals surface area contributed by atoms with Crippen LogP contribution < -0.4 is 15.4 Å². The van der Waals surface area contributed by atoms with Gasteiger partial charge in [0.15, 0.2) is 11.5 Å². The molecule has 0 aliphatic heterocycles. The maximum atomic E-state index is 14.6. The largest absolute Gasteiger partial charge is 0.573 e. The van der Waals surface area contributed by atoms with Gasteiger partial charge in [-0.25, -0.2) is 9.07 Å². The summed E-state index contributed by atoms with van der Waals surface area (Å²) in [7, 11) is 0. The van der Waals surface area contributed by atoms with Crippen LogP contribution in [0.15, 0.2) is 55.0 Å². The second kappa shape index (κ2) is 13.5. The molecule has 0 aliphatic rings. The molecule has 1 unspecified atom stereocenters. The van der Waals surface area contributed by atoms with Crippen LogP contribution in [0.25, 0.3) is 0 Å². The molecule has 44 heavy (non-hydrogen) atoms. The number of hydrogen-bond donors (Lipinski definition) is 2. The predicted molar refractivity (Wildman–Crippen MR) is 135 cm³/mol. The first-order chi connectivity index (χ1) is 20.7. The SMILES string of the molecule is O=C(Cc1cccc(OC(F)(F)F)c1)Nc1cn(CCC(F)Cn2cc(C(=O)NCc3cc(C(F)(F)F)ccn3)nn2)nn1. The lowest BCUT2D eigenvalue weighted by atomic mass is 10.1. The highest BCUT2D eigenvalue weighted by molar-refractivity contribution is 5.92. The van der Waals surface area contributed by atoms with Crippen molar-refractivity contribution in [3.63, 3.8) is 0 Å². The van der Waals surface area contributed by atoms with Gasteiger partial charge in [0.05, 0.1) is 43.2 Å². The van der Waals surface area contributed by atoms with Gasteiger partial charge < -0.3 is 15.4 Å². The normalized spacial score (nSPS) is 12.5. The zero-order chi connectivity index (χ0) is 31.9. The van der Waals surface area contributed by atoms with Crippen LogP contribution in [-0.2, 0) is 37.0 Å². The second-order valence-corrected chi connectivity index (χ2v) is 9.22. The van der Waals surface area contributed by atoms with E-state index in [1.165, 1.54) is 29.2 Å². The summed E-state index contributed by atoms with van der Waals surface area (Å²) >= 11 is 0. The highest BCUT2D eigenvalue weighted by atomic mass is 19.4. The molecule has 1 atom stereocenters. The summed E-state index contributed by atoms with van der Waals surface area (Å²) in [5.41, 5.74) is -0.852. The molecule has 2 N–H and O–H groups in total. The van der Waals surface area contributed by atoms with Crippen molar-refractivity contribution < 1.29 is 45.1 Å². The summed E-state index contributed by atoms with van der Waals surface area (Å²) in [6.45, 7) is -0.524. The van der Waals surface area contributed by atoms with Crippen LogP contribution in [-0.4, -0.2) is 59.3 Å². The van der Waals surface area contributed by atoms with Gasteiger partial charge in [-0.1, -0.05) is 22.6 Å². The fourth-order valence-electron chi connectivity index (χ4n) is 3.76. The lowest BCUT2D eigenvalue weighted by Gasteiger charge is -2.09. The van der Waals surface area contributed by atoms with Gasteiger partial charge >= 0.3 is 12.5 Å². The quantitative estimate of drug-likeness (QED) is 0.226. The molecule has 234 valence electrons. The van der Waals surface area contributed by atoms with Crippen LogP contribution in [0.1, 0.15) is 33.7 Å². The number of nitrogens with zero attached hydrogens (tertiary/aromatic N) is 7. The van der Waals surface area contributed by atoms with Crippen molar-refractivity contribution in [2.75, 3.05) is 5.32 Å². The molecule has 0 aliphatic carbocycles. The second-order valence-electron chi connectivity index (χ2n) is 9.22. The van der Waals surface area contributed by atoms with Gasteiger partial charge in [-0.05, 0) is 29.8 Å². The molecule has 0 fully saturated rings. The third kappa shape index (κ3) is 9.73. The molecule has 3 heterocycles. The number of alkyl halides is 7. The minimum Gasteiger partial charge on any atom is -0.406 e. The minimum atomic E-state index is -4.87. The van der Waals surface area contributed by atoms with E-state index >= 15 is 0 Å². The molecule has 2 amide bonds. The van der Waals surface area contributed by atoms with Crippen molar-refractivity contribution in [2.24, 2.45) is 0 Å². The Hall–Kier alpha value is -5.10. The molecule has 19 heteroatoms. The maximum absolute atomic E-state index is 14.6. The van der Waals surface area contributed by atoms with Gasteiger partial charge in [0.25, 0.3) is 5.91 Å². The first kappa shape index (κ1) is 31.8. The summed E-state index contributed by atoms with van der Waals surface area (Å²) in [5.74, 6) is -1.75. The van der Waals surface area contributed by atoms with E-state index in [0.717, 1.165) is 35.1 Å². The Morgan fingerprint density at radius 1 is 0.977 bits per heavy atom. The average Bonchev–Trinajstić information content (AvgIpc) is 3.59. The number of ether oxygens (including phenoxy) is 1. The first-order valence-electron chi connectivity index (χ1n) is 12.6. The summed E-state index contributed by atoms with van der Waals surface area (Å²) in [6, 6.07) is 6.54. The topological polar surface area (TPSA) is 142 Å². The Morgan fingerprint density at radius 2 is 1.75 bits per heavy atom. The van der Waals surface area contributed by atoms with Gasteiger partial charge in [-0.15, -0.1) is 23.4 Å². The number of benzene rings is 1. The Bertz CT molecular complexity index is 1590. The Balaban J connectivity index is 1.20. The maximum Gasteiger partial charge on any atom is 0.573 e. The summed E-state index contributed by atoms with van der Waals surface area (Å²) in [4.78, 5) is 28.3.